The number of amides is 2. The van der Waals surface area contributed by atoms with Gasteiger partial charge < -0.3 is 14.6 Å². The summed E-state index contributed by atoms with van der Waals surface area (Å²) in [6, 6.07) is 6.11. The summed E-state index contributed by atoms with van der Waals surface area (Å²) < 4.78 is 19.1. The highest BCUT2D eigenvalue weighted by Crippen LogP contribution is 2.31. The maximum absolute atomic E-state index is 13.3. The molecule has 1 aromatic carbocycles. The second-order valence-corrected chi connectivity index (χ2v) is 6.13. The first-order valence-electron chi connectivity index (χ1n) is 8.26. The van der Waals surface area contributed by atoms with Crippen molar-refractivity contribution < 1.29 is 18.4 Å². The van der Waals surface area contributed by atoms with E-state index in [2.05, 4.69) is 10.3 Å². The van der Waals surface area contributed by atoms with E-state index in [1.807, 2.05) is 6.07 Å². The van der Waals surface area contributed by atoms with Gasteiger partial charge in [-0.05, 0) is 30.5 Å². The molecule has 0 aliphatic carbocycles. The van der Waals surface area contributed by atoms with E-state index in [1.165, 1.54) is 19.1 Å². The Morgan fingerprint density at radius 3 is 3.04 bits per heavy atom. The SMILES string of the molecule is CC(=O)NCC(=O)N1CCCC1c1ncc(Cc2cccc(F)c2)o1. The highest BCUT2D eigenvalue weighted by atomic mass is 19.1. The van der Waals surface area contributed by atoms with E-state index in [4.69, 9.17) is 4.42 Å². The van der Waals surface area contributed by atoms with Gasteiger partial charge in [-0.25, -0.2) is 9.37 Å². The number of benzene rings is 1. The molecule has 1 aromatic heterocycles. The molecular formula is C18H20FN3O3. The van der Waals surface area contributed by atoms with Crippen molar-refractivity contribution in [1.29, 1.82) is 0 Å². The lowest BCUT2D eigenvalue weighted by molar-refractivity contribution is -0.133. The number of likely N-dealkylation sites (tertiary alicyclic amines) is 1. The van der Waals surface area contributed by atoms with Crippen molar-refractivity contribution >= 4 is 11.8 Å². The Bertz CT molecular complexity index is 774. The minimum absolute atomic E-state index is 0.0251. The van der Waals surface area contributed by atoms with Crippen LogP contribution in [0.3, 0.4) is 0 Å². The van der Waals surface area contributed by atoms with Gasteiger partial charge in [0.25, 0.3) is 0 Å². The van der Waals surface area contributed by atoms with Crippen LogP contribution in [0.5, 0.6) is 0 Å². The Kier molecular flexibility index (Phi) is 5.11. The topological polar surface area (TPSA) is 75.4 Å². The molecule has 1 aliphatic rings. The lowest BCUT2D eigenvalue weighted by Gasteiger charge is -2.22. The summed E-state index contributed by atoms with van der Waals surface area (Å²) in [4.78, 5) is 29.2. The first-order chi connectivity index (χ1) is 12.0. The molecule has 7 heteroatoms. The predicted molar refractivity (Wildman–Crippen MR) is 88.1 cm³/mol. The number of rotatable bonds is 5. The molecule has 1 fully saturated rings. The Hall–Kier alpha value is -2.70. The summed E-state index contributed by atoms with van der Waals surface area (Å²) in [6.07, 6.45) is 3.69. The summed E-state index contributed by atoms with van der Waals surface area (Å²) in [5.74, 6) is 0.435. The highest BCUT2D eigenvalue weighted by Gasteiger charge is 2.33. The number of hydrogen-bond donors (Lipinski definition) is 1. The fourth-order valence-electron chi connectivity index (χ4n) is 3.03. The molecule has 0 radical (unpaired) electrons. The molecule has 132 valence electrons. The van der Waals surface area contributed by atoms with Crippen LogP contribution in [-0.2, 0) is 16.0 Å². The fourth-order valence-corrected chi connectivity index (χ4v) is 3.03. The summed E-state index contributed by atoms with van der Waals surface area (Å²) in [6.45, 7) is 1.97. The van der Waals surface area contributed by atoms with Crippen molar-refractivity contribution in [2.24, 2.45) is 0 Å². The number of halogens is 1. The van der Waals surface area contributed by atoms with Crippen LogP contribution in [0, 0.1) is 5.82 Å². The molecule has 6 nitrogen and oxygen atoms in total. The van der Waals surface area contributed by atoms with Gasteiger partial charge >= 0.3 is 0 Å². The first-order valence-corrected chi connectivity index (χ1v) is 8.26. The molecule has 25 heavy (non-hydrogen) atoms. The van der Waals surface area contributed by atoms with Crippen LogP contribution in [0.25, 0.3) is 0 Å². The lowest BCUT2D eigenvalue weighted by Crippen LogP contribution is -2.39. The Labute approximate surface area is 145 Å². The second-order valence-electron chi connectivity index (χ2n) is 6.13. The van der Waals surface area contributed by atoms with Gasteiger partial charge in [-0.1, -0.05) is 12.1 Å². The van der Waals surface area contributed by atoms with Gasteiger partial charge in [0.2, 0.25) is 17.7 Å². The van der Waals surface area contributed by atoms with Crippen molar-refractivity contribution in [2.45, 2.75) is 32.2 Å². The van der Waals surface area contributed by atoms with Crippen molar-refractivity contribution in [3.63, 3.8) is 0 Å². The third-order valence-electron chi connectivity index (χ3n) is 4.19. The van der Waals surface area contributed by atoms with Gasteiger partial charge in [-0.15, -0.1) is 0 Å². The zero-order valence-corrected chi connectivity index (χ0v) is 14.0. The third-order valence-corrected chi connectivity index (χ3v) is 4.19. The Balaban J connectivity index is 1.68. The van der Waals surface area contributed by atoms with Crippen LogP contribution in [0.1, 0.15) is 43.0 Å². The number of carbonyl (C=O) groups is 2. The van der Waals surface area contributed by atoms with E-state index < -0.39 is 0 Å². The number of nitrogens with one attached hydrogen (secondary N) is 1. The highest BCUT2D eigenvalue weighted by molar-refractivity contribution is 5.84. The summed E-state index contributed by atoms with van der Waals surface area (Å²) in [5, 5.41) is 2.52. The van der Waals surface area contributed by atoms with Crippen LogP contribution < -0.4 is 5.32 Å². The molecule has 2 heterocycles. The number of aromatic nitrogens is 1. The standard InChI is InChI=1S/C18H20FN3O3/c1-12(23)20-11-17(24)22-7-3-6-16(22)18-21-10-15(25-18)9-13-4-2-5-14(19)8-13/h2,4-5,8,10,16H,3,6-7,9,11H2,1H3,(H,20,23). The van der Waals surface area contributed by atoms with Gasteiger partial charge in [-0.2, -0.15) is 0 Å². The maximum Gasteiger partial charge on any atom is 0.242 e. The second kappa shape index (κ2) is 7.46. The van der Waals surface area contributed by atoms with Crippen molar-refractivity contribution in [3.8, 4) is 0 Å². The molecule has 2 amide bonds. The lowest BCUT2D eigenvalue weighted by atomic mass is 10.1. The van der Waals surface area contributed by atoms with Gasteiger partial charge in [-0.3, -0.25) is 9.59 Å². The molecule has 1 aliphatic heterocycles. The molecule has 0 spiro atoms. The van der Waals surface area contributed by atoms with E-state index in [0.29, 0.717) is 24.6 Å². The van der Waals surface area contributed by atoms with E-state index in [-0.39, 0.29) is 30.2 Å². The monoisotopic (exact) mass is 345 g/mol. The van der Waals surface area contributed by atoms with E-state index in [1.54, 1.807) is 17.2 Å². The van der Waals surface area contributed by atoms with Gasteiger partial charge in [0.15, 0.2) is 0 Å². The normalized spacial score (nSPS) is 16.9. The molecule has 1 unspecified atom stereocenters. The average Bonchev–Trinajstić information content (AvgIpc) is 3.21. The van der Waals surface area contributed by atoms with Crippen LogP contribution in [-0.4, -0.2) is 34.8 Å². The molecule has 3 rings (SSSR count). The van der Waals surface area contributed by atoms with Gasteiger partial charge in [0.1, 0.15) is 17.6 Å². The zero-order valence-electron chi connectivity index (χ0n) is 14.0. The Morgan fingerprint density at radius 2 is 2.28 bits per heavy atom. The van der Waals surface area contributed by atoms with E-state index in [0.717, 1.165) is 18.4 Å². The van der Waals surface area contributed by atoms with E-state index >= 15 is 0 Å². The van der Waals surface area contributed by atoms with Crippen LogP contribution in [0.4, 0.5) is 4.39 Å². The van der Waals surface area contributed by atoms with Gasteiger partial charge in [0.05, 0.1) is 12.7 Å². The van der Waals surface area contributed by atoms with E-state index in [9.17, 15) is 14.0 Å². The van der Waals surface area contributed by atoms with Crippen molar-refractivity contribution in [1.82, 2.24) is 15.2 Å². The third kappa shape index (κ3) is 4.23. The summed E-state index contributed by atoms with van der Waals surface area (Å²) in [7, 11) is 0. The smallest absolute Gasteiger partial charge is 0.242 e. The summed E-state index contributed by atoms with van der Waals surface area (Å²) in [5.41, 5.74) is 0.799. The molecule has 0 bridgehead atoms. The number of nitrogens with zero attached hydrogens (tertiary/aromatic N) is 2. The number of oxazole rings is 1. The first kappa shape index (κ1) is 17.1. The molecule has 2 aromatic rings. The largest absolute Gasteiger partial charge is 0.443 e. The maximum atomic E-state index is 13.3. The quantitative estimate of drug-likeness (QED) is 0.901. The van der Waals surface area contributed by atoms with Crippen LogP contribution >= 0.6 is 0 Å². The minimum atomic E-state index is -0.289. The molecule has 0 saturated carbocycles. The summed E-state index contributed by atoms with van der Waals surface area (Å²) >= 11 is 0. The molecule has 1 saturated heterocycles. The number of carbonyl (C=O) groups excluding carboxylic acids is 2. The average molecular weight is 345 g/mol. The van der Waals surface area contributed by atoms with Gasteiger partial charge in [0, 0.05) is 19.9 Å². The van der Waals surface area contributed by atoms with Crippen molar-refractivity contribution in [3.05, 3.63) is 53.5 Å². The number of hydrogen-bond acceptors (Lipinski definition) is 4. The van der Waals surface area contributed by atoms with Crippen molar-refractivity contribution in [2.75, 3.05) is 13.1 Å². The minimum Gasteiger partial charge on any atom is -0.443 e. The fraction of sp³-hybridized carbons (Fsp3) is 0.389. The molecule has 1 atom stereocenters. The zero-order chi connectivity index (χ0) is 17.8. The predicted octanol–water partition coefficient (Wildman–Crippen LogP) is 2.20. The molecular weight excluding hydrogens is 325 g/mol. The molecule has 1 N–H and O–H groups in total. The van der Waals surface area contributed by atoms with Crippen LogP contribution in [0.15, 0.2) is 34.9 Å². The van der Waals surface area contributed by atoms with Crippen LogP contribution in [0.2, 0.25) is 0 Å². The Morgan fingerprint density at radius 1 is 1.44 bits per heavy atom.